The number of aromatic nitrogens is 5. The summed E-state index contributed by atoms with van der Waals surface area (Å²) < 4.78 is 16.9. The molecule has 3 heterocycles. The number of hydrogen-bond donors (Lipinski definition) is 0. The quantitative estimate of drug-likeness (QED) is 0.513. The Morgan fingerprint density at radius 1 is 1.10 bits per heavy atom. The zero-order chi connectivity index (χ0) is 20.1. The summed E-state index contributed by atoms with van der Waals surface area (Å²) in [7, 11) is 0. The van der Waals surface area contributed by atoms with E-state index in [9.17, 15) is 9.18 Å². The minimum atomic E-state index is -0.329. The molecule has 3 aromatic heterocycles. The van der Waals surface area contributed by atoms with Gasteiger partial charge in [-0.25, -0.2) is 9.37 Å². The van der Waals surface area contributed by atoms with Crippen LogP contribution in [-0.4, -0.2) is 24.1 Å². The second-order valence-electron chi connectivity index (χ2n) is 8.06. The third-order valence-corrected chi connectivity index (χ3v) is 6.44. The van der Waals surface area contributed by atoms with Gasteiger partial charge < -0.3 is 4.57 Å². The summed E-state index contributed by atoms with van der Waals surface area (Å²) >= 11 is 0. The van der Waals surface area contributed by atoms with E-state index in [2.05, 4.69) is 28.9 Å². The lowest BCUT2D eigenvalue weighted by Crippen LogP contribution is -2.33. The van der Waals surface area contributed by atoms with Crippen LogP contribution in [-0.2, 0) is 0 Å². The second kappa shape index (κ2) is 6.76. The molecule has 0 bridgehead atoms. The first-order valence-corrected chi connectivity index (χ1v) is 10.0. The third-order valence-electron chi connectivity index (χ3n) is 6.44. The lowest BCUT2D eigenvalue weighted by atomic mass is 9.78. The molecule has 1 saturated carbocycles. The van der Waals surface area contributed by atoms with Gasteiger partial charge in [-0.3, -0.25) is 4.79 Å². The van der Waals surface area contributed by atoms with E-state index >= 15 is 0 Å². The SMILES string of the molecule is C[C@H]1[C@H](C)CCC[C@H]1n1ccc2nc3ncnn3c(-c3ccc(F)cc3)c2c1=O. The monoisotopic (exact) mass is 391 g/mol. The molecule has 6 nitrogen and oxygen atoms in total. The molecule has 3 atom stereocenters. The highest BCUT2D eigenvalue weighted by Crippen LogP contribution is 2.37. The standard InChI is InChI=1S/C22H22FN5O/c1-13-4-3-5-18(14(13)2)27-11-10-17-19(21(27)29)20(15-6-8-16(23)9-7-15)28-22(26-17)24-12-25-28/h6-14,18H,3-5H2,1-2H3/t13-,14+,18-/m1/s1. The molecule has 1 fully saturated rings. The summed E-state index contributed by atoms with van der Waals surface area (Å²) in [6.45, 7) is 4.48. The van der Waals surface area contributed by atoms with Gasteiger partial charge in [-0.05, 0) is 48.6 Å². The van der Waals surface area contributed by atoms with Crippen LogP contribution in [0.25, 0.3) is 27.9 Å². The minimum absolute atomic E-state index is 0.0855. The van der Waals surface area contributed by atoms with Crippen molar-refractivity contribution < 1.29 is 4.39 Å². The van der Waals surface area contributed by atoms with Gasteiger partial charge in [0.05, 0.1) is 16.6 Å². The van der Waals surface area contributed by atoms with E-state index in [0.29, 0.717) is 39.8 Å². The van der Waals surface area contributed by atoms with Gasteiger partial charge in [-0.15, -0.1) is 0 Å². The molecular weight excluding hydrogens is 369 g/mol. The van der Waals surface area contributed by atoms with Crippen molar-refractivity contribution >= 4 is 16.7 Å². The number of rotatable bonds is 2. The third kappa shape index (κ3) is 2.84. The Morgan fingerprint density at radius 2 is 1.90 bits per heavy atom. The highest BCUT2D eigenvalue weighted by molar-refractivity contribution is 5.93. The first kappa shape index (κ1) is 18.0. The number of halogens is 1. The van der Waals surface area contributed by atoms with Crippen LogP contribution in [0.5, 0.6) is 0 Å². The van der Waals surface area contributed by atoms with Crippen molar-refractivity contribution in [2.45, 2.75) is 39.2 Å². The molecule has 0 amide bonds. The Kier molecular flexibility index (Phi) is 4.19. The molecule has 0 saturated heterocycles. The maximum atomic E-state index is 13.7. The fourth-order valence-electron chi connectivity index (χ4n) is 4.62. The number of benzene rings is 1. The highest BCUT2D eigenvalue weighted by atomic mass is 19.1. The molecule has 29 heavy (non-hydrogen) atoms. The van der Waals surface area contributed by atoms with Gasteiger partial charge in [-0.1, -0.05) is 26.7 Å². The first-order chi connectivity index (χ1) is 14.0. The molecule has 148 valence electrons. The van der Waals surface area contributed by atoms with E-state index in [-0.39, 0.29) is 17.4 Å². The number of nitrogens with zero attached hydrogens (tertiary/aromatic N) is 5. The Hall–Kier alpha value is -3.09. The Balaban J connectivity index is 1.82. The largest absolute Gasteiger partial charge is 0.311 e. The van der Waals surface area contributed by atoms with Crippen molar-refractivity contribution in [2.24, 2.45) is 11.8 Å². The molecular formula is C22H22FN5O. The lowest BCUT2D eigenvalue weighted by molar-refractivity contribution is 0.183. The molecule has 4 aromatic rings. The van der Waals surface area contributed by atoms with Crippen LogP contribution in [0, 0.1) is 17.7 Å². The van der Waals surface area contributed by atoms with Crippen molar-refractivity contribution in [2.75, 3.05) is 0 Å². The lowest BCUT2D eigenvalue weighted by Gasteiger charge is -2.35. The topological polar surface area (TPSA) is 65.1 Å². The zero-order valence-electron chi connectivity index (χ0n) is 16.4. The van der Waals surface area contributed by atoms with Crippen LogP contribution < -0.4 is 5.56 Å². The fourth-order valence-corrected chi connectivity index (χ4v) is 4.62. The molecule has 0 unspecified atom stereocenters. The van der Waals surface area contributed by atoms with Crippen LogP contribution in [0.3, 0.4) is 0 Å². The average molecular weight is 391 g/mol. The zero-order valence-corrected chi connectivity index (χ0v) is 16.4. The van der Waals surface area contributed by atoms with Gasteiger partial charge in [0, 0.05) is 17.8 Å². The van der Waals surface area contributed by atoms with E-state index in [0.717, 1.165) is 12.8 Å². The fraction of sp³-hybridized carbons (Fsp3) is 0.364. The first-order valence-electron chi connectivity index (χ1n) is 10.0. The molecule has 1 aliphatic carbocycles. The van der Waals surface area contributed by atoms with E-state index in [4.69, 9.17) is 0 Å². The number of hydrogen-bond acceptors (Lipinski definition) is 4. The normalized spacial score (nSPS) is 22.4. The Bertz CT molecular complexity index is 1260. The summed E-state index contributed by atoms with van der Waals surface area (Å²) in [4.78, 5) is 22.4. The van der Waals surface area contributed by atoms with Crippen LogP contribution in [0.4, 0.5) is 4.39 Å². The van der Waals surface area contributed by atoms with Crippen LogP contribution in [0.15, 0.2) is 47.7 Å². The second-order valence-corrected chi connectivity index (χ2v) is 8.06. The van der Waals surface area contributed by atoms with Crippen molar-refractivity contribution in [3.63, 3.8) is 0 Å². The summed E-state index contributed by atoms with van der Waals surface area (Å²) in [5.74, 6) is 1.07. The molecule has 1 aromatic carbocycles. The molecule has 1 aliphatic rings. The Morgan fingerprint density at radius 3 is 2.69 bits per heavy atom. The molecule has 7 heteroatoms. The summed E-state index contributed by atoms with van der Waals surface area (Å²) in [5.41, 5.74) is 1.79. The molecule has 0 radical (unpaired) electrons. The Labute approximate surface area is 167 Å². The van der Waals surface area contributed by atoms with Crippen molar-refractivity contribution in [1.29, 1.82) is 0 Å². The average Bonchev–Trinajstić information content (AvgIpc) is 3.18. The summed E-state index contributed by atoms with van der Waals surface area (Å²) in [5, 5.41) is 4.77. The predicted octanol–water partition coefficient (Wildman–Crippen LogP) is 4.24. The smallest absolute Gasteiger partial charge is 0.262 e. The number of pyridine rings is 1. The van der Waals surface area contributed by atoms with Crippen molar-refractivity contribution in [1.82, 2.24) is 24.1 Å². The van der Waals surface area contributed by atoms with E-state index in [1.165, 1.54) is 24.9 Å². The minimum Gasteiger partial charge on any atom is -0.311 e. The van der Waals surface area contributed by atoms with Crippen molar-refractivity contribution in [3.8, 4) is 11.3 Å². The molecule has 0 spiro atoms. The van der Waals surface area contributed by atoms with Gasteiger partial charge in [-0.2, -0.15) is 14.6 Å². The van der Waals surface area contributed by atoms with Crippen LogP contribution in [0.1, 0.15) is 39.2 Å². The van der Waals surface area contributed by atoms with Crippen LogP contribution in [0.2, 0.25) is 0 Å². The van der Waals surface area contributed by atoms with Crippen LogP contribution >= 0.6 is 0 Å². The highest BCUT2D eigenvalue weighted by Gasteiger charge is 2.30. The molecule has 5 rings (SSSR count). The predicted molar refractivity (Wildman–Crippen MR) is 109 cm³/mol. The van der Waals surface area contributed by atoms with E-state index < -0.39 is 0 Å². The molecule has 0 N–H and O–H groups in total. The maximum Gasteiger partial charge on any atom is 0.262 e. The maximum absolute atomic E-state index is 13.7. The van der Waals surface area contributed by atoms with E-state index in [1.54, 1.807) is 16.6 Å². The van der Waals surface area contributed by atoms with Gasteiger partial charge >= 0.3 is 0 Å². The summed E-state index contributed by atoms with van der Waals surface area (Å²) in [6.07, 6.45) is 6.57. The van der Waals surface area contributed by atoms with Crippen molar-refractivity contribution in [3.05, 3.63) is 59.0 Å². The van der Waals surface area contributed by atoms with Gasteiger partial charge in [0.15, 0.2) is 0 Å². The molecule has 0 aliphatic heterocycles. The van der Waals surface area contributed by atoms with E-state index in [1.807, 2.05) is 16.8 Å². The van der Waals surface area contributed by atoms with Gasteiger partial charge in [0.1, 0.15) is 12.1 Å². The van der Waals surface area contributed by atoms with Gasteiger partial charge in [0.25, 0.3) is 11.3 Å². The summed E-state index contributed by atoms with van der Waals surface area (Å²) in [6, 6.07) is 8.13. The number of fused-ring (bicyclic) bond motifs is 2. The van der Waals surface area contributed by atoms with Gasteiger partial charge in [0.2, 0.25) is 0 Å².